The summed E-state index contributed by atoms with van der Waals surface area (Å²) in [4.78, 5) is 56.9. The van der Waals surface area contributed by atoms with Crippen LogP contribution < -0.4 is 9.64 Å². The number of esters is 1. The largest absolute Gasteiger partial charge is 0.426 e. The molecule has 2 bridgehead atoms. The third kappa shape index (κ3) is 3.88. The van der Waals surface area contributed by atoms with Crippen molar-refractivity contribution in [2.45, 2.75) is 31.2 Å². The first kappa shape index (κ1) is 26.6. The van der Waals surface area contributed by atoms with Crippen LogP contribution in [0.15, 0.2) is 103 Å². The molecular formula is C37H30N2O5. The van der Waals surface area contributed by atoms with E-state index >= 15 is 0 Å². The SMILES string of the molecule is C[C@H](c1ccccc1)N1C[C@H](C(=O)Oc2ccc(N3C(=O)[C@@H]4C5c6ccccc6C(c6ccccc65)[C@@H]4C3=O)cc2)CC1=O. The third-order valence-corrected chi connectivity index (χ3v) is 10.0. The van der Waals surface area contributed by atoms with E-state index in [9.17, 15) is 19.2 Å². The molecule has 7 heteroatoms. The summed E-state index contributed by atoms with van der Waals surface area (Å²) in [5, 5.41) is 0. The van der Waals surface area contributed by atoms with Gasteiger partial charge in [0.05, 0.1) is 29.5 Å². The monoisotopic (exact) mass is 582 g/mol. The molecular weight excluding hydrogens is 552 g/mol. The van der Waals surface area contributed by atoms with Crippen LogP contribution in [0, 0.1) is 17.8 Å². The normalized spacial score (nSPS) is 25.5. The van der Waals surface area contributed by atoms with Crippen LogP contribution in [0.4, 0.5) is 5.69 Å². The van der Waals surface area contributed by atoms with Gasteiger partial charge in [-0.3, -0.25) is 19.2 Å². The average Bonchev–Trinajstić information content (AvgIpc) is 3.58. The summed E-state index contributed by atoms with van der Waals surface area (Å²) >= 11 is 0. The van der Waals surface area contributed by atoms with E-state index in [1.807, 2.05) is 61.5 Å². The topological polar surface area (TPSA) is 84.0 Å². The molecule has 2 saturated heterocycles. The lowest BCUT2D eigenvalue weighted by Crippen LogP contribution is -2.41. The van der Waals surface area contributed by atoms with Gasteiger partial charge in [-0.05, 0) is 59.0 Å². The standard InChI is InChI=1S/C37H30N2O5/c1-21(22-9-3-2-4-10-22)38-20-23(19-30(38)40)37(43)44-25-17-15-24(16-18-25)39-35(41)33-31-26-11-5-6-12-27(26)32(34(33)36(39)42)29-14-8-7-13-28(29)31/h2-18,21,23,31-34H,19-20H2,1H3/t21-,23-,31?,32?,33-,34+/m1/s1. The molecule has 4 atom stereocenters. The summed E-state index contributed by atoms with van der Waals surface area (Å²) in [6.07, 6.45) is 0.0980. The summed E-state index contributed by atoms with van der Waals surface area (Å²) in [6, 6.07) is 32.4. The van der Waals surface area contributed by atoms with Gasteiger partial charge in [0.2, 0.25) is 17.7 Å². The molecule has 0 aromatic heterocycles. The number of benzene rings is 4. The summed E-state index contributed by atoms with van der Waals surface area (Å²) in [5.74, 6) is -2.47. The number of rotatable bonds is 5. The molecule has 0 N–H and O–H groups in total. The predicted molar refractivity (Wildman–Crippen MR) is 163 cm³/mol. The predicted octanol–water partition coefficient (Wildman–Crippen LogP) is 5.60. The summed E-state index contributed by atoms with van der Waals surface area (Å²) in [7, 11) is 0. The summed E-state index contributed by atoms with van der Waals surface area (Å²) in [5.41, 5.74) is 5.99. The number of anilines is 1. The van der Waals surface area contributed by atoms with Crippen molar-refractivity contribution in [2.24, 2.45) is 17.8 Å². The Bertz CT molecular complexity index is 1720. The van der Waals surface area contributed by atoms with Gasteiger partial charge in [0.25, 0.3) is 0 Å². The number of amides is 3. The van der Waals surface area contributed by atoms with Crippen molar-refractivity contribution in [3.05, 3.63) is 131 Å². The number of carbonyl (C=O) groups is 4. The fourth-order valence-corrected chi connectivity index (χ4v) is 7.97. The van der Waals surface area contributed by atoms with Crippen molar-refractivity contribution in [3.63, 3.8) is 0 Å². The maximum atomic E-state index is 14.0. The second-order valence-electron chi connectivity index (χ2n) is 12.2. The van der Waals surface area contributed by atoms with Crippen molar-refractivity contribution in [3.8, 4) is 5.75 Å². The molecule has 7 nitrogen and oxygen atoms in total. The Morgan fingerprint density at radius 3 is 1.73 bits per heavy atom. The Morgan fingerprint density at radius 1 is 0.705 bits per heavy atom. The lowest BCUT2D eigenvalue weighted by molar-refractivity contribution is -0.139. The van der Waals surface area contributed by atoms with Gasteiger partial charge in [-0.15, -0.1) is 0 Å². The molecule has 0 radical (unpaired) electrons. The van der Waals surface area contributed by atoms with E-state index in [0.29, 0.717) is 18.0 Å². The van der Waals surface area contributed by atoms with E-state index in [1.54, 1.807) is 29.2 Å². The number of ether oxygens (including phenoxy) is 1. The molecule has 0 spiro atoms. The van der Waals surface area contributed by atoms with Crippen LogP contribution in [0.2, 0.25) is 0 Å². The molecule has 2 heterocycles. The summed E-state index contributed by atoms with van der Waals surface area (Å²) < 4.78 is 5.67. The first-order valence-corrected chi connectivity index (χ1v) is 15.1. The fourth-order valence-electron chi connectivity index (χ4n) is 7.97. The van der Waals surface area contributed by atoms with Gasteiger partial charge in [0.15, 0.2) is 0 Å². The van der Waals surface area contributed by atoms with Crippen molar-refractivity contribution in [1.82, 2.24) is 4.90 Å². The van der Waals surface area contributed by atoms with Crippen LogP contribution in [0.25, 0.3) is 0 Å². The van der Waals surface area contributed by atoms with Crippen LogP contribution in [0.1, 0.15) is 59.0 Å². The van der Waals surface area contributed by atoms with Crippen molar-refractivity contribution < 1.29 is 23.9 Å². The van der Waals surface area contributed by atoms with Gasteiger partial charge in [-0.1, -0.05) is 78.9 Å². The van der Waals surface area contributed by atoms with Crippen LogP contribution in [0.5, 0.6) is 5.75 Å². The zero-order chi connectivity index (χ0) is 30.1. The minimum Gasteiger partial charge on any atom is -0.426 e. The van der Waals surface area contributed by atoms with Gasteiger partial charge in [-0.2, -0.15) is 0 Å². The Morgan fingerprint density at radius 2 is 1.20 bits per heavy atom. The summed E-state index contributed by atoms with van der Waals surface area (Å²) in [6.45, 7) is 2.25. The van der Waals surface area contributed by atoms with E-state index in [4.69, 9.17) is 4.74 Å². The number of carbonyl (C=O) groups excluding carboxylic acids is 4. The second-order valence-corrected chi connectivity index (χ2v) is 12.2. The maximum Gasteiger partial charge on any atom is 0.316 e. The van der Waals surface area contributed by atoms with Crippen molar-refractivity contribution in [1.29, 1.82) is 0 Å². The van der Waals surface area contributed by atoms with E-state index in [2.05, 4.69) is 24.3 Å². The average molecular weight is 583 g/mol. The van der Waals surface area contributed by atoms with Gasteiger partial charge >= 0.3 is 5.97 Å². The molecule has 0 unspecified atom stereocenters. The zero-order valence-corrected chi connectivity index (χ0v) is 24.1. The number of hydrogen-bond acceptors (Lipinski definition) is 5. The van der Waals surface area contributed by atoms with Crippen molar-refractivity contribution in [2.75, 3.05) is 11.4 Å². The quantitative estimate of drug-likeness (QED) is 0.174. The fraction of sp³-hybridized carbons (Fsp3) is 0.243. The Labute approximate surface area is 255 Å². The highest BCUT2D eigenvalue weighted by atomic mass is 16.5. The van der Waals surface area contributed by atoms with Crippen LogP contribution in [-0.2, 0) is 19.2 Å². The Kier molecular flexibility index (Phi) is 6.05. The minimum absolute atomic E-state index is 0.0792. The second kappa shape index (κ2) is 10.0. The first-order chi connectivity index (χ1) is 21.4. The van der Waals surface area contributed by atoms with E-state index in [1.165, 1.54) is 4.90 Å². The van der Waals surface area contributed by atoms with Gasteiger partial charge in [0.1, 0.15) is 5.75 Å². The first-order valence-electron chi connectivity index (χ1n) is 15.1. The molecule has 5 aliphatic rings. The minimum atomic E-state index is -0.572. The number of imide groups is 1. The number of hydrogen-bond donors (Lipinski definition) is 0. The number of nitrogens with zero attached hydrogens (tertiary/aromatic N) is 2. The van der Waals surface area contributed by atoms with Crippen molar-refractivity contribution >= 4 is 29.4 Å². The molecule has 3 amide bonds. The Hall–Kier alpha value is -5.04. The van der Waals surface area contributed by atoms with Gasteiger partial charge in [-0.25, -0.2) is 4.90 Å². The van der Waals surface area contributed by atoms with Crippen LogP contribution in [-0.4, -0.2) is 35.1 Å². The third-order valence-electron chi connectivity index (χ3n) is 10.0. The van der Waals surface area contributed by atoms with E-state index in [-0.39, 0.29) is 42.0 Å². The molecule has 9 rings (SSSR count). The van der Waals surface area contributed by atoms with E-state index in [0.717, 1.165) is 27.8 Å². The molecule has 44 heavy (non-hydrogen) atoms. The van der Waals surface area contributed by atoms with E-state index < -0.39 is 23.7 Å². The molecule has 2 fully saturated rings. The highest BCUT2D eigenvalue weighted by Gasteiger charge is 2.61. The smallest absolute Gasteiger partial charge is 0.316 e. The highest BCUT2D eigenvalue weighted by molar-refractivity contribution is 6.23. The molecule has 2 aliphatic heterocycles. The van der Waals surface area contributed by atoms with Crippen LogP contribution >= 0.6 is 0 Å². The molecule has 0 saturated carbocycles. The molecule has 4 aromatic carbocycles. The maximum absolute atomic E-state index is 14.0. The Balaban J connectivity index is 1.00. The lowest BCUT2D eigenvalue weighted by atomic mass is 9.55. The highest BCUT2D eigenvalue weighted by Crippen LogP contribution is 2.61. The molecule has 4 aromatic rings. The number of likely N-dealkylation sites (tertiary alicyclic amines) is 1. The molecule has 218 valence electrons. The molecule has 3 aliphatic carbocycles. The van der Waals surface area contributed by atoms with Crippen LogP contribution in [0.3, 0.4) is 0 Å². The van der Waals surface area contributed by atoms with Gasteiger partial charge in [0, 0.05) is 24.8 Å². The lowest BCUT2D eigenvalue weighted by Gasteiger charge is -2.45. The zero-order valence-electron chi connectivity index (χ0n) is 24.1. The van der Waals surface area contributed by atoms with Gasteiger partial charge < -0.3 is 9.64 Å².